The van der Waals surface area contributed by atoms with E-state index in [1.165, 1.54) is 12.1 Å². The van der Waals surface area contributed by atoms with Crippen molar-refractivity contribution in [1.29, 1.82) is 0 Å². The summed E-state index contributed by atoms with van der Waals surface area (Å²) in [5.41, 5.74) is 2.61. The number of nitrogens with zero attached hydrogens (tertiary/aromatic N) is 3. The van der Waals surface area contributed by atoms with E-state index in [0.717, 1.165) is 42.2 Å². The number of anilines is 1. The van der Waals surface area contributed by atoms with Crippen molar-refractivity contribution < 1.29 is 13.9 Å². The van der Waals surface area contributed by atoms with Gasteiger partial charge in [0.25, 0.3) is 5.91 Å². The predicted octanol–water partition coefficient (Wildman–Crippen LogP) is 4.96. The summed E-state index contributed by atoms with van der Waals surface area (Å²) in [6, 6.07) is 17.9. The number of hydrogen-bond donors (Lipinski definition) is 0. The lowest BCUT2D eigenvalue weighted by Crippen LogP contribution is -2.49. The van der Waals surface area contributed by atoms with Crippen molar-refractivity contribution in [2.24, 2.45) is 5.92 Å². The zero-order valence-corrected chi connectivity index (χ0v) is 19.2. The van der Waals surface area contributed by atoms with Gasteiger partial charge < -0.3 is 14.5 Å². The summed E-state index contributed by atoms with van der Waals surface area (Å²) in [7, 11) is 0. The Bertz CT molecular complexity index is 1060. The Hall–Kier alpha value is -3.41. The van der Waals surface area contributed by atoms with Gasteiger partial charge in [0.2, 0.25) is 0 Å². The van der Waals surface area contributed by atoms with Crippen LogP contribution in [0, 0.1) is 11.7 Å². The normalized spacial score (nSPS) is 13.9. The smallest absolute Gasteiger partial charge is 0.253 e. The van der Waals surface area contributed by atoms with Crippen molar-refractivity contribution in [3.05, 3.63) is 89.4 Å². The highest BCUT2D eigenvalue weighted by Gasteiger charge is 2.23. The van der Waals surface area contributed by atoms with Crippen LogP contribution in [-0.2, 0) is 13.0 Å². The van der Waals surface area contributed by atoms with E-state index in [4.69, 9.17) is 4.74 Å². The molecule has 0 unspecified atom stereocenters. The number of benzene rings is 2. The van der Waals surface area contributed by atoms with Gasteiger partial charge in [0.05, 0.1) is 0 Å². The Balaban J connectivity index is 1.43. The maximum absolute atomic E-state index is 13.2. The molecule has 1 fully saturated rings. The van der Waals surface area contributed by atoms with Gasteiger partial charge in [-0.2, -0.15) is 0 Å². The van der Waals surface area contributed by atoms with Crippen LogP contribution in [0.3, 0.4) is 0 Å². The van der Waals surface area contributed by atoms with Crippen molar-refractivity contribution in [2.45, 2.75) is 26.9 Å². The minimum Gasteiger partial charge on any atom is -0.489 e. The predicted molar refractivity (Wildman–Crippen MR) is 128 cm³/mol. The van der Waals surface area contributed by atoms with Gasteiger partial charge in [-0.15, -0.1) is 0 Å². The molecule has 1 amide bonds. The van der Waals surface area contributed by atoms with Crippen LogP contribution in [0.4, 0.5) is 10.2 Å². The minimum atomic E-state index is -0.261. The van der Waals surface area contributed by atoms with Crippen LogP contribution < -0.4 is 9.64 Å². The molecular weight excluding hydrogens is 417 g/mol. The molecule has 6 heteroatoms. The number of carbonyl (C=O) groups excluding carboxylic acids is 1. The van der Waals surface area contributed by atoms with Gasteiger partial charge in [0.15, 0.2) is 0 Å². The highest BCUT2D eigenvalue weighted by molar-refractivity contribution is 5.94. The molecule has 1 aromatic heterocycles. The number of piperazine rings is 1. The van der Waals surface area contributed by atoms with Crippen molar-refractivity contribution >= 4 is 11.7 Å². The summed E-state index contributed by atoms with van der Waals surface area (Å²) in [5, 5.41) is 0. The van der Waals surface area contributed by atoms with Gasteiger partial charge in [-0.05, 0) is 65.9 Å². The highest BCUT2D eigenvalue weighted by Crippen LogP contribution is 2.26. The summed E-state index contributed by atoms with van der Waals surface area (Å²) in [4.78, 5) is 21.8. The molecule has 33 heavy (non-hydrogen) atoms. The molecule has 172 valence electrons. The Morgan fingerprint density at radius 2 is 1.79 bits per heavy atom. The summed E-state index contributed by atoms with van der Waals surface area (Å²) < 4.78 is 19.2. The third kappa shape index (κ3) is 5.89. The van der Waals surface area contributed by atoms with Gasteiger partial charge in [-0.25, -0.2) is 9.37 Å². The number of ether oxygens (including phenoxy) is 1. The zero-order valence-electron chi connectivity index (χ0n) is 19.2. The van der Waals surface area contributed by atoms with Gasteiger partial charge in [0.1, 0.15) is 24.0 Å². The van der Waals surface area contributed by atoms with E-state index in [0.29, 0.717) is 31.2 Å². The zero-order chi connectivity index (χ0) is 23.2. The first-order valence-electron chi connectivity index (χ1n) is 11.4. The molecule has 0 N–H and O–H groups in total. The number of carbonyl (C=O) groups is 1. The van der Waals surface area contributed by atoms with Gasteiger partial charge in [-0.3, -0.25) is 4.79 Å². The Kier molecular flexibility index (Phi) is 7.23. The van der Waals surface area contributed by atoms with Crippen LogP contribution in [0.5, 0.6) is 5.75 Å². The van der Waals surface area contributed by atoms with E-state index < -0.39 is 0 Å². The minimum absolute atomic E-state index is 0.0470. The van der Waals surface area contributed by atoms with E-state index in [-0.39, 0.29) is 11.7 Å². The van der Waals surface area contributed by atoms with Gasteiger partial charge in [0, 0.05) is 37.9 Å². The van der Waals surface area contributed by atoms with Crippen LogP contribution in [0.2, 0.25) is 0 Å². The fraction of sp³-hybridized carbons (Fsp3) is 0.333. The maximum atomic E-state index is 13.2. The molecule has 1 aliphatic heterocycles. The Labute approximate surface area is 194 Å². The molecule has 0 saturated carbocycles. The van der Waals surface area contributed by atoms with Crippen LogP contribution in [-0.4, -0.2) is 42.0 Å². The van der Waals surface area contributed by atoms with E-state index >= 15 is 0 Å². The van der Waals surface area contributed by atoms with E-state index in [1.807, 2.05) is 41.3 Å². The molecule has 0 aliphatic carbocycles. The monoisotopic (exact) mass is 447 g/mol. The maximum Gasteiger partial charge on any atom is 0.253 e. The van der Waals surface area contributed by atoms with Crippen molar-refractivity contribution in [2.75, 3.05) is 31.1 Å². The number of halogens is 1. The number of hydrogen-bond acceptors (Lipinski definition) is 4. The van der Waals surface area contributed by atoms with Gasteiger partial charge in [-0.1, -0.05) is 32.0 Å². The fourth-order valence-electron chi connectivity index (χ4n) is 4.06. The van der Waals surface area contributed by atoms with Gasteiger partial charge >= 0.3 is 0 Å². The van der Waals surface area contributed by atoms with Crippen molar-refractivity contribution in [3.63, 3.8) is 0 Å². The summed E-state index contributed by atoms with van der Waals surface area (Å²) in [6.45, 7) is 7.51. The third-order valence-electron chi connectivity index (χ3n) is 5.78. The second-order valence-corrected chi connectivity index (χ2v) is 8.80. The van der Waals surface area contributed by atoms with Crippen LogP contribution in [0.15, 0.2) is 66.9 Å². The topological polar surface area (TPSA) is 45.7 Å². The summed E-state index contributed by atoms with van der Waals surface area (Å²) in [5.74, 6) is 1.93. The number of amides is 1. The molecule has 2 aromatic carbocycles. The molecular formula is C27H30FN3O2. The second kappa shape index (κ2) is 10.5. The molecule has 0 spiro atoms. The van der Waals surface area contributed by atoms with Crippen LogP contribution in [0.25, 0.3) is 0 Å². The van der Waals surface area contributed by atoms with Crippen molar-refractivity contribution in [3.8, 4) is 5.75 Å². The molecule has 1 aliphatic rings. The van der Waals surface area contributed by atoms with Crippen molar-refractivity contribution in [1.82, 2.24) is 9.88 Å². The Morgan fingerprint density at radius 3 is 2.45 bits per heavy atom. The molecule has 2 heterocycles. The summed E-state index contributed by atoms with van der Waals surface area (Å²) in [6.07, 6.45) is 2.61. The number of pyridine rings is 1. The quantitative estimate of drug-likeness (QED) is 0.514. The lowest BCUT2D eigenvalue weighted by Gasteiger charge is -2.35. The molecule has 5 nitrogen and oxygen atoms in total. The largest absolute Gasteiger partial charge is 0.489 e. The summed E-state index contributed by atoms with van der Waals surface area (Å²) >= 11 is 0. The van der Waals surface area contributed by atoms with E-state index in [9.17, 15) is 9.18 Å². The molecule has 3 aromatic rings. The number of rotatable bonds is 7. The first-order valence-corrected chi connectivity index (χ1v) is 11.4. The average Bonchev–Trinajstić information content (AvgIpc) is 2.84. The lowest BCUT2D eigenvalue weighted by atomic mass is 9.99. The first-order chi connectivity index (χ1) is 16.0. The van der Waals surface area contributed by atoms with E-state index in [2.05, 4.69) is 23.7 Å². The third-order valence-corrected chi connectivity index (χ3v) is 5.78. The Morgan fingerprint density at radius 1 is 1.03 bits per heavy atom. The molecule has 1 saturated heterocycles. The SMILES string of the molecule is CC(C)Cc1cc(C(=O)N2CCN(c3ccccn3)CC2)ccc1OCc1ccc(F)cc1. The van der Waals surface area contributed by atoms with E-state index in [1.54, 1.807) is 18.3 Å². The molecule has 4 rings (SSSR count). The first kappa shape index (κ1) is 22.8. The molecule has 0 radical (unpaired) electrons. The fourth-order valence-corrected chi connectivity index (χ4v) is 4.06. The lowest BCUT2D eigenvalue weighted by molar-refractivity contribution is 0.0746. The van der Waals surface area contributed by atoms with Crippen LogP contribution >= 0.6 is 0 Å². The highest BCUT2D eigenvalue weighted by atomic mass is 19.1. The number of aromatic nitrogens is 1. The standard InChI is InChI=1S/C27H30FN3O2/c1-20(2)17-23-18-22(8-11-25(23)33-19-21-6-9-24(28)10-7-21)27(32)31-15-13-30(14-16-31)26-5-3-4-12-29-26/h3-12,18,20H,13-17,19H2,1-2H3. The second-order valence-electron chi connectivity index (χ2n) is 8.80. The van der Waals surface area contributed by atoms with Crippen LogP contribution in [0.1, 0.15) is 35.3 Å². The molecule has 0 atom stereocenters. The average molecular weight is 448 g/mol. The molecule has 0 bridgehead atoms.